The van der Waals surface area contributed by atoms with Crippen molar-refractivity contribution < 1.29 is 17.9 Å². The second-order valence-corrected chi connectivity index (χ2v) is 9.86. The third-order valence-corrected chi connectivity index (χ3v) is 7.28. The Balaban J connectivity index is 1.67. The smallest absolute Gasteiger partial charge is 0.264 e. The third-order valence-electron chi connectivity index (χ3n) is 5.55. The predicted molar refractivity (Wildman–Crippen MR) is 122 cm³/mol. The molecule has 1 atom stereocenters. The molecule has 2 aromatic rings. The lowest BCUT2D eigenvalue weighted by atomic mass is 10.1. The van der Waals surface area contributed by atoms with E-state index in [1.807, 2.05) is 0 Å². The fraction of sp³-hybridized carbons (Fsp3) is 0.409. The number of halogens is 1. The van der Waals surface area contributed by atoms with Gasteiger partial charge in [-0.25, -0.2) is 8.42 Å². The van der Waals surface area contributed by atoms with Gasteiger partial charge in [0.25, 0.3) is 15.9 Å². The molecule has 2 aromatic carbocycles. The highest BCUT2D eigenvalue weighted by Gasteiger charge is 2.27. The van der Waals surface area contributed by atoms with Crippen LogP contribution in [0, 0.1) is 0 Å². The summed E-state index contributed by atoms with van der Waals surface area (Å²) in [5, 5.41) is 3.11. The second-order valence-electron chi connectivity index (χ2n) is 7.81. The lowest BCUT2D eigenvalue weighted by Gasteiger charge is -2.30. The van der Waals surface area contributed by atoms with Crippen LogP contribution in [0.5, 0.6) is 0 Å². The molecule has 0 aromatic heterocycles. The van der Waals surface area contributed by atoms with Crippen molar-refractivity contribution in [2.45, 2.75) is 43.1 Å². The highest BCUT2D eigenvalue weighted by atomic mass is 35.5. The van der Waals surface area contributed by atoms with E-state index in [1.165, 1.54) is 6.07 Å². The minimum Gasteiger partial charge on any atom is -0.370 e. The summed E-state index contributed by atoms with van der Waals surface area (Å²) in [6, 6.07) is 11.7. The van der Waals surface area contributed by atoms with Crippen LogP contribution in [-0.2, 0) is 19.6 Å². The number of nitrogens with zero attached hydrogens (tertiary/aromatic N) is 1. The second kappa shape index (κ2) is 9.46. The maximum atomic E-state index is 13.4. The van der Waals surface area contributed by atoms with Crippen LogP contribution >= 0.6 is 11.6 Å². The molecule has 0 saturated carbocycles. The van der Waals surface area contributed by atoms with Crippen LogP contribution in [-0.4, -0.2) is 40.1 Å². The maximum absolute atomic E-state index is 13.4. The van der Waals surface area contributed by atoms with Crippen molar-refractivity contribution in [1.29, 1.82) is 0 Å². The molecule has 2 aliphatic rings. The predicted octanol–water partition coefficient (Wildman–Crippen LogP) is 4.25. The first-order valence-electron chi connectivity index (χ1n) is 10.5. The van der Waals surface area contributed by atoms with Crippen LogP contribution in [0.1, 0.15) is 32.1 Å². The Morgan fingerprint density at radius 3 is 2.55 bits per heavy atom. The lowest BCUT2D eigenvalue weighted by molar-refractivity contribution is -0.124. The number of para-hydroxylation sites is 1. The maximum Gasteiger partial charge on any atom is 0.264 e. The van der Waals surface area contributed by atoms with Crippen molar-refractivity contribution in [3.05, 3.63) is 47.5 Å². The van der Waals surface area contributed by atoms with Crippen LogP contribution in [0.15, 0.2) is 47.4 Å². The Hall–Kier alpha value is -2.29. The minimum absolute atomic E-state index is 0.111. The van der Waals surface area contributed by atoms with E-state index in [2.05, 4.69) is 14.9 Å². The molecule has 2 heterocycles. The number of hydrogen-bond acceptors (Lipinski definition) is 5. The van der Waals surface area contributed by atoms with E-state index in [0.29, 0.717) is 35.1 Å². The number of carbonyl (C=O) groups excluding carboxylic acids is 1. The standard InChI is InChI=1S/C22H26ClN3O4S/c23-17-7-2-3-8-18(17)25-31(28,29)21-15-16(24-22(27)20-9-6-14-30-20)10-11-19(21)26-12-4-1-5-13-26/h2-3,7-8,10-11,15,20,25H,1,4-6,9,12-14H2,(H,24,27). The van der Waals surface area contributed by atoms with E-state index in [9.17, 15) is 13.2 Å². The largest absolute Gasteiger partial charge is 0.370 e. The molecule has 0 aliphatic carbocycles. The molecule has 31 heavy (non-hydrogen) atoms. The van der Waals surface area contributed by atoms with Gasteiger partial charge in [-0.1, -0.05) is 23.7 Å². The van der Waals surface area contributed by atoms with Gasteiger partial charge in [-0.3, -0.25) is 9.52 Å². The van der Waals surface area contributed by atoms with Gasteiger partial charge in [0.05, 0.1) is 16.4 Å². The Bertz CT molecular complexity index is 1050. The zero-order valence-electron chi connectivity index (χ0n) is 17.1. The molecular weight excluding hydrogens is 438 g/mol. The average Bonchev–Trinajstić information content (AvgIpc) is 3.31. The van der Waals surface area contributed by atoms with Crippen LogP contribution < -0.4 is 14.9 Å². The van der Waals surface area contributed by atoms with Gasteiger partial charge < -0.3 is 15.0 Å². The Morgan fingerprint density at radius 2 is 1.84 bits per heavy atom. The molecule has 1 unspecified atom stereocenters. The Kier molecular flexibility index (Phi) is 6.69. The number of amides is 1. The molecule has 9 heteroatoms. The highest BCUT2D eigenvalue weighted by molar-refractivity contribution is 7.93. The summed E-state index contributed by atoms with van der Waals surface area (Å²) >= 11 is 6.17. The Labute approximate surface area is 187 Å². The molecule has 7 nitrogen and oxygen atoms in total. The number of carbonyl (C=O) groups is 1. The average molecular weight is 464 g/mol. The van der Waals surface area contributed by atoms with E-state index >= 15 is 0 Å². The van der Waals surface area contributed by atoms with Crippen molar-refractivity contribution in [3.63, 3.8) is 0 Å². The summed E-state index contributed by atoms with van der Waals surface area (Å²) in [4.78, 5) is 14.7. The highest BCUT2D eigenvalue weighted by Crippen LogP contribution is 2.33. The Morgan fingerprint density at radius 1 is 1.06 bits per heavy atom. The van der Waals surface area contributed by atoms with E-state index in [4.69, 9.17) is 16.3 Å². The lowest BCUT2D eigenvalue weighted by Crippen LogP contribution is -2.31. The van der Waals surface area contributed by atoms with Crippen molar-refractivity contribution in [1.82, 2.24) is 0 Å². The fourth-order valence-electron chi connectivity index (χ4n) is 3.95. The molecule has 0 bridgehead atoms. The first kappa shape index (κ1) is 21.9. The van der Waals surface area contributed by atoms with Crippen molar-refractivity contribution in [3.8, 4) is 0 Å². The van der Waals surface area contributed by atoms with E-state index in [0.717, 1.165) is 38.8 Å². The first-order valence-corrected chi connectivity index (χ1v) is 12.4. The van der Waals surface area contributed by atoms with Crippen LogP contribution in [0.3, 0.4) is 0 Å². The van der Waals surface area contributed by atoms with Gasteiger partial charge in [0.1, 0.15) is 11.0 Å². The normalized spacial score (nSPS) is 19.3. The third kappa shape index (κ3) is 5.14. The van der Waals surface area contributed by atoms with E-state index in [-0.39, 0.29) is 10.8 Å². The fourth-order valence-corrected chi connectivity index (χ4v) is 5.53. The molecule has 2 saturated heterocycles. The summed E-state index contributed by atoms with van der Waals surface area (Å²) < 4.78 is 34.8. The molecule has 0 spiro atoms. The minimum atomic E-state index is -3.95. The number of benzene rings is 2. The molecular formula is C22H26ClN3O4S. The topological polar surface area (TPSA) is 87.7 Å². The van der Waals surface area contributed by atoms with Gasteiger partial charge in [-0.05, 0) is 62.4 Å². The van der Waals surface area contributed by atoms with Gasteiger partial charge in [-0.15, -0.1) is 0 Å². The van der Waals surface area contributed by atoms with E-state index in [1.54, 1.807) is 36.4 Å². The number of ether oxygens (including phenoxy) is 1. The van der Waals surface area contributed by atoms with Crippen LogP contribution in [0.2, 0.25) is 5.02 Å². The zero-order chi connectivity index (χ0) is 21.8. The van der Waals surface area contributed by atoms with Gasteiger partial charge in [0, 0.05) is 25.4 Å². The van der Waals surface area contributed by atoms with Gasteiger partial charge in [0.2, 0.25) is 0 Å². The number of rotatable bonds is 6. The summed E-state index contributed by atoms with van der Waals surface area (Å²) in [6.07, 6.45) is 4.16. The number of anilines is 3. The molecule has 2 N–H and O–H groups in total. The number of sulfonamides is 1. The zero-order valence-corrected chi connectivity index (χ0v) is 18.7. The number of piperidine rings is 1. The van der Waals surface area contributed by atoms with Crippen molar-refractivity contribution in [2.75, 3.05) is 34.6 Å². The molecule has 166 valence electrons. The van der Waals surface area contributed by atoms with Gasteiger partial charge in [0.15, 0.2) is 0 Å². The quantitative estimate of drug-likeness (QED) is 0.668. The van der Waals surface area contributed by atoms with E-state index < -0.39 is 16.1 Å². The number of hydrogen-bond donors (Lipinski definition) is 2. The SMILES string of the molecule is O=C(Nc1ccc(N2CCCCC2)c(S(=O)(=O)Nc2ccccc2Cl)c1)C1CCCO1. The summed E-state index contributed by atoms with van der Waals surface area (Å²) in [5.41, 5.74) is 1.35. The van der Waals surface area contributed by atoms with Gasteiger partial charge >= 0.3 is 0 Å². The van der Waals surface area contributed by atoms with Crippen LogP contribution in [0.4, 0.5) is 17.1 Å². The summed E-state index contributed by atoms with van der Waals surface area (Å²) in [7, 11) is -3.95. The van der Waals surface area contributed by atoms with Crippen LogP contribution in [0.25, 0.3) is 0 Å². The number of nitrogens with one attached hydrogen (secondary N) is 2. The van der Waals surface area contributed by atoms with Crippen molar-refractivity contribution >= 4 is 44.6 Å². The molecule has 1 amide bonds. The molecule has 0 radical (unpaired) electrons. The summed E-state index contributed by atoms with van der Waals surface area (Å²) in [5.74, 6) is -0.259. The molecule has 2 aliphatic heterocycles. The first-order chi connectivity index (χ1) is 14.9. The van der Waals surface area contributed by atoms with Crippen molar-refractivity contribution in [2.24, 2.45) is 0 Å². The monoisotopic (exact) mass is 463 g/mol. The molecule has 2 fully saturated rings. The summed E-state index contributed by atoms with van der Waals surface area (Å²) in [6.45, 7) is 2.14. The molecule has 4 rings (SSSR count). The van der Waals surface area contributed by atoms with Gasteiger partial charge in [-0.2, -0.15) is 0 Å².